The van der Waals surface area contributed by atoms with Gasteiger partial charge in [-0.05, 0) is 25.8 Å². The molecule has 1 unspecified atom stereocenters. The molecular formula is C16H22N2O3. The third-order valence-electron chi connectivity index (χ3n) is 2.90. The maximum absolute atomic E-state index is 12.0. The van der Waals surface area contributed by atoms with Crippen molar-refractivity contribution in [1.82, 2.24) is 5.32 Å². The molecule has 0 saturated carbocycles. The molecule has 1 atom stereocenters. The number of hydrogen-bond donors (Lipinski definition) is 1. The summed E-state index contributed by atoms with van der Waals surface area (Å²) in [6, 6.07) is 11.5. The topological polar surface area (TPSA) is 71.3 Å². The first kappa shape index (κ1) is 17.2. The molecule has 5 nitrogen and oxygen atoms in total. The van der Waals surface area contributed by atoms with E-state index in [1.165, 1.54) is 0 Å². The summed E-state index contributed by atoms with van der Waals surface area (Å²) in [7, 11) is 0. The zero-order valence-electron chi connectivity index (χ0n) is 12.5. The van der Waals surface area contributed by atoms with Crippen LogP contribution in [0.5, 0.6) is 0 Å². The second-order valence-corrected chi connectivity index (χ2v) is 4.46. The van der Waals surface area contributed by atoms with Crippen LogP contribution in [0.15, 0.2) is 30.3 Å². The normalized spacial score (nSPS) is 11.9. The fourth-order valence-electron chi connectivity index (χ4n) is 1.89. The molecule has 5 heteroatoms. The number of amides is 1. The second kappa shape index (κ2) is 9.92. The van der Waals surface area contributed by atoms with Gasteiger partial charge in [-0.1, -0.05) is 30.3 Å². The highest BCUT2D eigenvalue weighted by Crippen LogP contribution is 2.08. The van der Waals surface area contributed by atoms with Gasteiger partial charge in [0.2, 0.25) is 5.91 Å². The van der Waals surface area contributed by atoms with E-state index in [1.54, 1.807) is 0 Å². The van der Waals surface area contributed by atoms with Gasteiger partial charge in [0.1, 0.15) is 5.92 Å². The van der Waals surface area contributed by atoms with Crippen molar-refractivity contribution in [2.45, 2.75) is 26.6 Å². The highest BCUT2D eigenvalue weighted by Gasteiger charge is 2.19. The van der Waals surface area contributed by atoms with Crippen molar-refractivity contribution in [1.29, 1.82) is 5.26 Å². The largest absolute Gasteiger partial charge is 0.351 e. The first-order valence-corrected chi connectivity index (χ1v) is 7.15. The Bertz CT molecular complexity index is 450. The molecule has 0 heterocycles. The third-order valence-corrected chi connectivity index (χ3v) is 2.90. The van der Waals surface area contributed by atoms with Crippen molar-refractivity contribution in [2.24, 2.45) is 5.92 Å². The minimum Gasteiger partial charge on any atom is -0.351 e. The Morgan fingerprint density at radius 3 is 2.38 bits per heavy atom. The van der Waals surface area contributed by atoms with E-state index in [2.05, 4.69) is 5.32 Å². The van der Waals surface area contributed by atoms with Crippen LogP contribution in [0.3, 0.4) is 0 Å². The number of carbonyl (C=O) groups is 1. The SMILES string of the molecule is CCOC(CNC(=O)C(C#N)Cc1ccccc1)OCC. The van der Waals surface area contributed by atoms with Gasteiger partial charge in [0.05, 0.1) is 12.6 Å². The molecule has 0 aromatic heterocycles. The molecule has 0 aliphatic rings. The predicted molar refractivity (Wildman–Crippen MR) is 79.3 cm³/mol. The van der Waals surface area contributed by atoms with E-state index in [-0.39, 0.29) is 12.5 Å². The molecule has 0 spiro atoms. The van der Waals surface area contributed by atoms with Crippen molar-refractivity contribution in [3.63, 3.8) is 0 Å². The Morgan fingerprint density at radius 1 is 1.24 bits per heavy atom. The summed E-state index contributed by atoms with van der Waals surface area (Å²) in [5.74, 6) is -1.01. The van der Waals surface area contributed by atoms with Crippen LogP contribution < -0.4 is 5.32 Å². The van der Waals surface area contributed by atoms with Crippen LogP contribution in [0.25, 0.3) is 0 Å². The molecule has 1 aromatic carbocycles. The van der Waals surface area contributed by atoms with Crippen LogP contribution in [-0.4, -0.2) is 32.0 Å². The maximum Gasteiger partial charge on any atom is 0.237 e. The van der Waals surface area contributed by atoms with Crippen LogP contribution >= 0.6 is 0 Å². The first-order valence-electron chi connectivity index (χ1n) is 7.15. The Morgan fingerprint density at radius 2 is 1.86 bits per heavy atom. The van der Waals surface area contributed by atoms with Gasteiger partial charge in [-0.3, -0.25) is 4.79 Å². The summed E-state index contributed by atoms with van der Waals surface area (Å²) < 4.78 is 10.7. The van der Waals surface area contributed by atoms with Crippen LogP contribution in [0.4, 0.5) is 0 Å². The minimum absolute atomic E-state index is 0.244. The average Bonchev–Trinajstić information content (AvgIpc) is 2.51. The number of carbonyl (C=O) groups excluding carboxylic acids is 1. The predicted octanol–water partition coefficient (Wildman–Crippen LogP) is 1.88. The highest BCUT2D eigenvalue weighted by atomic mass is 16.7. The third kappa shape index (κ3) is 6.39. The Hall–Kier alpha value is -1.90. The molecule has 1 amide bonds. The maximum atomic E-state index is 12.0. The Balaban J connectivity index is 2.49. The molecule has 114 valence electrons. The number of nitriles is 1. The molecule has 0 fully saturated rings. The van der Waals surface area contributed by atoms with E-state index in [1.807, 2.05) is 50.2 Å². The molecule has 0 aliphatic heterocycles. The van der Waals surface area contributed by atoms with E-state index < -0.39 is 12.2 Å². The van der Waals surface area contributed by atoms with E-state index in [0.29, 0.717) is 19.6 Å². The van der Waals surface area contributed by atoms with Crippen molar-refractivity contribution in [3.05, 3.63) is 35.9 Å². The van der Waals surface area contributed by atoms with Crippen molar-refractivity contribution >= 4 is 5.91 Å². The summed E-state index contributed by atoms with van der Waals surface area (Å²) in [5.41, 5.74) is 0.963. The van der Waals surface area contributed by atoms with E-state index in [9.17, 15) is 4.79 Å². The van der Waals surface area contributed by atoms with Gasteiger partial charge in [-0.25, -0.2) is 0 Å². The standard InChI is InChI=1S/C16H22N2O3/c1-3-20-15(21-4-2)12-18-16(19)14(11-17)10-13-8-6-5-7-9-13/h5-9,14-15H,3-4,10,12H2,1-2H3,(H,18,19). The molecule has 1 N–H and O–H groups in total. The average molecular weight is 290 g/mol. The van der Waals surface area contributed by atoms with Gasteiger partial charge in [-0.2, -0.15) is 5.26 Å². The Kier molecular flexibility index (Phi) is 8.10. The molecule has 0 radical (unpaired) electrons. The molecule has 0 bridgehead atoms. The smallest absolute Gasteiger partial charge is 0.237 e. The zero-order chi connectivity index (χ0) is 15.5. The fraction of sp³-hybridized carbons (Fsp3) is 0.500. The monoisotopic (exact) mass is 290 g/mol. The second-order valence-electron chi connectivity index (χ2n) is 4.46. The van der Waals surface area contributed by atoms with Gasteiger partial charge >= 0.3 is 0 Å². The summed E-state index contributed by atoms with van der Waals surface area (Å²) in [6.45, 7) is 4.98. The van der Waals surface area contributed by atoms with Crippen LogP contribution in [-0.2, 0) is 20.7 Å². The Labute approximate surface area is 125 Å². The number of hydrogen-bond acceptors (Lipinski definition) is 4. The van der Waals surface area contributed by atoms with Gasteiger partial charge in [-0.15, -0.1) is 0 Å². The molecule has 21 heavy (non-hydrogen) atoms. The van der Waals surface area contributed by atoms with Gasteiger partial charge in [0.15, 0.2) is 6.29 Å². The van der Waals surface area contributed by atoms with Crippen LogP contribution in [0.1, 0.15) is 19.4 Å². The lowest BCUT2D eigenvalue weighted by Crippen LogP contribution is -2.38. The molecule has 0 aliphatic carbocycles. The van der Waals surface area contributed by atoms with Crippen LogP contribution in [0, 0.1) is 17.2 Å². The minimum atomic E-state index is -0.712. The summed E-state index contributed by atoms with van der Waals surface area (Å²) >= 11 is 0. The van der Waals surface area contributed by atoms with Gasteiger partial charge in [0.25, 0.3) is 0 Å². The number of rotatable bonds is 9. The summed E-state index contributed by atoms with van der Waals surface area (Å²) in [5, 5.41) is 11.9. The van der Waals surface area contributed by atoms with Crippen LogP contribution in [0.2, 0.25) is 0 Å². The van der Waals surface area contributed by atoms with Crippen molar-refractivity contribution < 1.29 is 14.3 Å². The lowest BCUT2D eigenvalue weighted by molar-refractivity contribution is -0.141. The number of nitrogens with zero attached hydrogens (tertiary/aromatic N) is 1. The van der Waals surface area contributed by atoms with Gasteiger partial charge < -0.3 is 14.8 Å². The number of ether oxygens (including phenoxy) is 2. The molecule has 1 rings (SSSR count). The fourth-order valence-corrected chi connectivity index (χ4v) is 1.89. The van der Waals surface area contributed by atoms with Crippen molar-refractivity contribution in [2.75, 3.05) is 19.8 Å². The van der Waals surface area contributed by atoms with E-state index >= 15 is 0 Å². The highest BCUT2D eigenvalue weighted by molar-refractivity contribution is 5.81. The lowest BCUT2D eigenvalue weighted by Gasteiger charge is -2.18. The molecular weight excluding hydrogens is 268 g/mol. The number of benzene rings is 1. The quantitative estimate of drug-likeness (QED) is 0.705. The molecule has 1 aromatic rings. The lowest BCUT2D eigenvalue weighted by atomic mass is 10.00. The van der Waals surface area contributed by atoms with E-state index in [0.717, 1.165) is 5.56 Å². The summed E-state index contributed by atoms with van der Waals surface area (Å²) in [6.07, 6.45) is -0.0723. The van der Waals surface area contributed by atoms with Gasteiger partial charge in [0, 0.05) is 13.2 Å². The summed E-state index contributed by atoms with van der Waals surface area (Å²) in [4.78, 5) is 12.0. The van der Waals surface area contributed by atoms with E-state index in [4.69, 9.17) is 14.7 Å². The van der Waals surface area contributed by atoms with Crippen molar-refractivity contribution in [3.8, 4) is 6.07 Å². The zero-order valence-corrected chi connectivity index (χ0v) is 12.5. The first-order chi connectivity index (χ1) is 10.2. The molecule has 0 saturated heterocycles. The number of nitrogens with one attached hydrogen (secondary N) is 1.